The number of sulfonamides is 1. The maximum Gasteiger partial charge on any atom is 0.261 e. The molecule has 8 nitrogen and oxygen atoms in total. The summed E-state index contributed by atoms with van der Waals surface area (Å²) in [6.45, 7) is 2.74. The van der Waals surface area contributed by atoms with Crippen LogP contribution in [0.5, 0.6) is 5.75 Å². The van der Waals surface area contributed by atoms with Crippen molar-refractivity contribution in [2.45, 2.75) is 6.92 Å². The molecule has 0 fully saturated rings. The summed E-state index contributed by atoms with van der Waals surface area (Å²) in [5, 5.41) is 3.16. The third-order valence-corrected chi connectivity index (χ3v) is 6.08. The van der Waals surface area contributed by atoms with Crippen LogP contribution in [0.1, 0.15) is 6.92 Å². The number of amides is 1. The van der Waals surface area contributed by atoms with E-state index in [9.17, 15) is 13.2 Å². The number of thiazole rings is 1. The molecule has 2 aromatic rings. The van der Waals surface area contributed by atoms with Crippen LogP contribution in [-0.2, 0) is 14.8 Å². The van der Waals surface area contributed by atoms with Crippen molar-refractivity contribution in [1.82, 2.24) is 9.88 Å². The molecule has 1 N–H and O–H groups in total. The van der Waals surface area contributed by atoms with E-state index in [1.165, 1.54) is 11.3 Å². The van der Waals surface area contributed by atoms with Gasteiger partial charge in [0, 0.05) is 12.7 Å². The highest BCUT2D eigenvalue weighted by Gasteiger charge is 2.30. The molecular formula is C17H16N4O4S2. The average molecular weight is 404 g/mol. The van der Waals surface area contributed by atoms with Gasteiger partial charge in [0.15, 0.2) is 11.0 Å². The largest absolute Gasteiger partial charge is 0.494 e. The fourth-order valence-electron chi connectivity index (χ4n) is 2.77. The van der Waals surface area contributed by atoms with Crippen LogP contribution >= 0.6 is 11.3 Å². The number of allylic oxidation sites excluding steroid dienone is 2. The van der Waals surface area contributed by atoms with Gasteiger partial charge in [0.2, 0.25) is 0 Å². The van der Waals surface area contributed by atoms with Crippen molar-refractivity contribution in [3.63, 3.8) is 0 Å². The number of nitrogens with one attached hydrogen (secondary N) is 1. The predicted octanol–water partition coefficient (Wildman–Crippen LogP) is 2.13. The van der Waals surface area contributed by atoms with E-state index in [2.05, 4.69) is 14.7 Å². The van der Waals surface area contributed by atoms with Gasteiger partial charge < -0.3 is 9.64 Å². The number of fused-ring (bicyclic) bond motifs is 2. The minimum absolute atomic E-state index is 0.0736. The topological polar surface area (TPSA) is 101 Å². The first-order valence-electron chi connectivity index (χ1n) is 8.28. The van der Waals surface area contributed by atoms with Gasteiger partial charge in [-0.2, -0.15) is 0 Å². The van der Waals surface area contributed by atoms with Crippen LogP contribution in [0.2, 0.25) is 0 Å². The second-order valence-electron chi connectivity index (χ2n) is 5.85. The summed E-state index contributed by atoms with van der Waals surface area (Å²) in [5.74, 6) is 0.352. The first-order chi connectivity index (χ1) is 12.9. The quantitative estimate of drug-likeness (QED) is 0.838. The van der Waals surface area contributed by atoms with Crippen LogP contribution < -0.4 is 10.1 Å². The number of hydrogen-bond donors (Lipinski definition) is 1. The fraction of sp³-hybridized carbons (Fsp3) is 0.235. The molecule has 10 heteroatoms. The van der Waals surface area contributed by atoms with Gasteiger partial charge in [0.05, 0.1) is 28.1 Å². The molecule has 0 bridgehead atoms. The Balaban J connectivity index is 1.60. The normalized spacial score (nSPS) is 17.9. The third-order valence-electron chi connectivity index (χ3n) is 3.99. The van der Waals surface area contributed by atoms with Crippen LogP contribution in [-0.4, -0.2) is 48.9 Å². The third kappa shape index (κ3) is 3.58. The highest BCUT2D eigenvalue weighted by Crippen LogP contribution is 2.30. The molecular weight excluding hydrogens is 388 g/mol. The van der Waals surface area contributed by atoms with E-state index < -0.39 is 15.9 Å². The van der Waals surface area contributed by atoms with Gasteiger partial charge in [-0.15, -0.1) is 4.40 Å². The van der Waals surface area contributed by atoms with Gasteiger partial charge in [-0.25, -0.2) is 13.4 Å². The van der Waals surface area contributed by atoms with E-state index in [1.807, 2.05) is 25.1 Å². The zero-order chi connectivity index (χ0) is 19.0. The summed E-state index contributed by atoms with van der Waals surface area (Å²) in [6.07, 6.45) is 4.95. The van der Waals surface area contributed by atoms with E-state index >= 15 is 0 Å². The first kappa shape index (κ1) is 17.7. The second kappa shape index (κ2) is 6.78. The highest BCUT2D eigenvalue weighted by molar-refractivity contribution is 7.90. The number of ether oxygens (including phenoxy) is 1. The van der Waals surface area contributed by atoms with Crippen molar-refractivity contribution in [2.75, 3.05) is 24.2 Å². The molecule has 1 amide bonds. The number of amidine groups is 1. The van der Waals surface area contributed by atoms with E-state index in [1.54, 1.807) is 23.3 Å². The van der Waals surface area contributed by atoms with Crippen molar-refractivity contribution < 1.29 is 17.9 Å². The Hall–Kier alpha value is -2.72. The SMILES string of the molecule is CCOc1ccc2nc(NC(=O)C3=CC=CN4CCS(=O)(=O)N=C34)sc2c1. The molecule has 0 atom stereocenters. The summed E-state index contributed by atoms with van der Waals surface area (Å²) >= 11 is 1.32. The van der Waals surface area contributed by atoms with Crippen molar-refractivity contribution in [3.05, 3.63) is 42.1 Å². The number of rotatable bonds is 4. The lowest BCUT2D eigenvalue weighted by molar-refractivity contribution is -0.112. The summed E-state index contributed by atoms with van der Waals surface area (Å²) in [4.78, 5) is 18.8. The molecule has 1 aromatic carbocycles. The molecule has 140 valence electrons. The molecule has 2 aliphatic rings. The summed E-state index contributed by atoms with van der Waals surface area (Å²) in [7, 11) is -3.56. The van der Waals surface area contributed by atoms with E-state index in [4.69, 9.17) is 4.74 Å². The predicted molar refractivity (Wildman–Crippen MR) is 105 cm³/mol. The van der Waals surface area contributed by atoms with Crippen molar-refractivity contribution in [2.24, 2.45) is 4.40 Å². The van der Waals surface area contributed by atoms with Gasteiger partial charge in [0.25, 0.3) is 15.9 Å². The number of benzene rings is 1. The van der Waals surface area contributed by atoms with Gasteiger partial charge >= 0.3 is 0 Å². The molecule has 0 unspecified atom stereocenters. The molecule has 0 aliphatic carbocycles. The number of carbonyl (C=O) groups excluding carboxylic acids is 1. The Bertz CT molecular complexity index is 1120. The summed E-state index contributed by atoms with van der Waals surface area (Å²) in [6, 6.07) is 5.52. The summed E-state index contributed by atoms with van der Waals surface area (Å²) in [5.41, 5.74) is 0.936. The molecule has 0 saturated carbocycles. The minimum atomic E-state index is -3.56. The first-order valence-corrected chi connectivity index (χ1v) is 10.7. The maximum atomic E-state index is 12.7. The number of hydrogen-bond acceptors (Lipinski definition) is 7. The van der Waals surface area contributed by atoms with Gasteiger partial charge in [-0.3, -0.25) is 10.1 Å². The average Bonchev–Trinajstić information content (AvgIpc) is 3.02. The fourth-order valence-corrected chi connectivity index (χ4v) is 4.65. The Labute approximate surface area is 159 Å². The van der Waals surface area contributed by atoms with Crippen LogP contribution in [0, 0.1) is 0 Å². The number of nitrogens with zero attached hydrogens (tertiary/aromatic N) is 3. The zero-order valence-electron chi connectivity index (χ0n) is 14.4. The van der Waals surface area contributed by atoms with Gasteiger partial charge in [-0.05, 0) is 37.3 Å². The Kier molecular flexibility index (Phi) is 4.44. The number of carbonyl (C=O) groups is 1. The molecule has 0 saturated heterocycles. The highest BCUT2D eigenvalue weighted by atomic mass is 32.2. The smallest absolute Gasteiger partial charge is 0.261 e. The maximum absolute atomic E-state index is 12.7. The standard InChI is InChI=1S/C17H16N4O4S2/c1-2-25-11-5-6-13-14(10-11)26-17(18-13)19-16(22)12-4-3-7-21-8-9-27(23,24)20-15(12)21/h3-7,10H,2,8-9H2,1H3,(H,18,19,22). The molecule has 0 spiro atoms. The van der Waals surface area contributed by atoms with Crippen molar-refractivity contribution in [1.29, 1.82) is 0 Å². The molecule has 1 aromatic heterocycles. The van der Waals surface area contributed by atoms with Crippen LogP contribution in [0.25, 0.3) is 10.2 Å². The van der Waals surface area contributed by atoms with Crippen LogP contribution in [0.15, 0.2) is 46.5 Å². The lowest BCUT2D eigenvalue weighted by Crippen LogP contribution is -2.40. The molecule has 0 radical (unpaired) electrons. The Morgan fingerprint density at radius 3 is 3.07 bits per heavy atom. The van der Waals surface area contributed by atoms with E-state index in [-0.39, 0.29) is 23.7 Å². The molecule has 2 aliphatic heterocycles. The Morgan fingerprint density at radius 2 is 2.26 bits per heavy atom. The van der Waals surface area contributed by atoms with E-state index in [0.29, 0.717) is 11.7 Å². The van der Waals surface area contributed by atoms with Crippen molar-refractivity contribution in [3.8, 4) is 5.75 Å². The van der Waals surface area contributed by atoms with E-state index in [0.717, 1.165) is 16.0 Å². The monoisotopic (exact) mass is 404 g/mol. The van der Waals surface area contributed by atoms with Crippen LogP contribution in [0.4, 0.5) is 5.13 Å². The minimum Gasteiger partial charge on any atom is -0.494 e. The molecule has 3 heterocycles. The van der Waals surface area contributed by atoms with Gasteiger partial charge in [0.1, 0.15) is 5.75 Å². The summed E-state index contributed by atoms with van der Waals surface area (Å²) < 4.78 is 33.7. The lowest BCUT2D eigenvalue weighted by atomic mass is 10.1. The second-order valence-corrected chi connectivity index (χ2v) is 8.64. The molecule has 4 rings (SSSR count). The zero-order valence-corrected chi connectivity index (χ0v) is 16.0. The van der Waals surface area contributed by atoms with Gasteiger partial charge in [-0.1, -0.05) is 11.3 Å². The van der Waals surface area contributed by atoms with Crippen LogP contribution in [0.3, 0.4) is 0 Å². The molecule has 27 heavy (non-hydrogen) atoms. The number of aromatic nitrogens is 1. The number of anilines is 1. The Morgan fingerprint density at radius 1 is 1.41 bits per heavy atom. The lowest BCUT2D eigenvalue weighted by Gasteiger charge is -2.28. The van der Waals surface area contributed by atoms with Crippen molar-refractivity contribution >= 4 is 48.5 Å².